The van der Waals surface area contributed by atoms with Crippen LogP contribution in [0.4, 0.5) is 5.69 Å². The van der Waals surface area contributed by atoms with Gasteiger partial charge in [-0.25, -0.2) is 13.2 Å². The molecule has 0 atom stereocenters. The summed E-state index contributed by atoms with van der Waals surface area (Å²) in [5.41, 5.74) is 2.77. The number of hydrogen-bond acceptors (Lipinski definition) is 7. The Kier molecular flexibility index (Phi) is 6.56. The lowest BCUT2D eigenvalue weighted by Crippen LogP contribution is -2.38. The van der Waals surface area contributed by atoms with Crippen LogP contribution in [0.1, 0.15) is 17.5 Å². The molecule has 1 amide bonds. The molecule has 9 nitrogen and oxygen atoms in total. The van der Waals surface area contributed by atoms with Crippen LogP contribution in [-0.2, 0) is 24.3 Å². The number of amidine groups is 1. The number of benzene rings is 1. The molecule has 0 spiro atoms. The monoisotopic (exact) mass is 442 g/mol. The van der Waals surface area contributed by atoms with E-state index in [2.05, 4.69) is 4.40 Å². The van der Waals surface area contributed by atoms with E-state index in [4.69, 9.17) is 10.00 Å². The molecule has 0 aliphatic carbocycles. The molecule has 1 aromatic carbocycles. The third-order valence-corrected chi connectivity index (χ3v) is 5.82. The van der Waals surface area contributed by atoms with Crippen molar-refractivity contribution in [1.82, 2.24) is 4.90 Å². The lowest BCUT2D eigenvalue weighted by Gasteiger charge is -2.27. The van der Waals surface area contributed by atoms with E-state index in [0.29, 0.717) is 5.69 Å². The minimum absolute atomic E-state index is 0.139. The molecule has 1 aromatic rings. The minimum Gasteiger partial charge on any atom is -0.452 e. The van der Waals surface area contributed by atoms with Gasteiger partial charge in [0.25, 0.3) is 15.9 Å². The number of sulfonamides is 1. The quantitative estimate of drug-likeness (QED) is 0.614. The zero-order valence-corrected chi connectivity index (χ0v) is 18.1. The van der Waals surface area contributed by atoms with Crippen LogP contribution < -0.4 is 4.90 Å². The van der Waals surface area contributed by atoms with Crippen molar-refractivity contribution in [2.75, 3.05) is 30.3 Å². The number of amides is 1. The van der Waals surface area contributed by atoms with Gasteiger partial charge in [0.1, 0.15) is 5.84 Å². The van der Waals surface area contributed by atoms with E-state index in [1.807, 2.05) is 38.1 Å². The molecular weight excluding hydrogens is 420 g/mol. The van der Waals surface area contributed by atoms with Crippen LogP contribution >= 0.6 is 0 Å². The summed E-state index contributed by atoms with van der Waals surface area (Å²) in [7, 11) is -3.49. The van der Waals surface area contributed by atoms with Gasteiger partial charge in [-0.3, -0.25) is 4.79 Å². The number of carbonyl (C=O) groups is 2. The lowest BCUT2D eigenvalue weighted by atomic mass is 10.1. The average Bonchev–Trinajstić information content (AvgIpc) is 2.70. The first-order valence-electron chi connectivity index (χ1n) is 9.60. The summed E-state index contributed by atoms with van der Waals surface area (Å²) in [6.07, 6.45) is 4.42. The Morgan fingerprint density at radius 1 is 1.23 bits per heavy atom. The van der Waals surface area contributed by atoms with Crippen LogP contribution in [0.25, 0.3) is 0 Å². The Bertz CT molecular complexity index is 1120. The molecule has 0 N–H and O–H groups in total. The molecule has 0 radical (unpaired) electrons. The Balaban J connectivity index is 1.68. The van der Waals surface area contributed by atoms with Crippen LogP contribution in [0, 0.1) is 25.2 Å². The van der Waals surface area contributed by atoms with Gasteiger partial charge in [0.05, 0.1) is 23.8 Å². The van der Waals surface area contributed by atoms with Crippen molar-refractivity contribution < 1.29 is 22.7 Å². The number of fused-ring (bicyclic) bond motifs is 1. The van der Waals surface area contributed by atoms with E-state index in [1.165, 1.54) is 23.3 Å². The second-order valence-electron chi connectivity index (χ2n) is 7.22. The number of aryl methyl sites for hydroxylation is 2. The Morgan fingerprint density at radius 2 is 1.94 bits per heavy atom. The summed E-state index contributed by atoms with van der Waals surface area (Å²) in [5, 5.41) is 8.93. The zero-order valence-electron chi connectivity index (χ0n) is 17.2. The standard InChI is InChI=1S/C21H22N4O5S/c1-15-10-16(2)12-18(11-15)25(7-3-6-22)20(26)14-30-21(27)17-4-5-19-23-31(28,29)9-8-24(19)13-17/h4-5,10-13H,3,7-9,14H2,1-2H3. The van der Waals surface area contributed by atoms with Crippen molar-refractivity contribution >= 4 is 33.4 Å². The highest BCUT2D eigenvalue weighted by Crippen LogP contribution is 2.20. The van der Waals surface area contributed by atoms with Gasteiger partial charge in [0.15, 0.2) is 6.61 Å². The second kappa shape index (κ2) is 9.14. The summed E-state index contributed by atoms with van der Waals surface area (Å²) >= 11 is 0. The number of nitriles is 1. The molecule has 3 rings (SSSR count). The van der Waals surface area contributed by atoms with Crippen molar-refractivity contribution in [3.05, 3.63) is 53.3 Å². The predicted octanol–water partition coefficient (Wildman–Crippen LogP) is 1.59. The maximum Gasteiger partial charge on any atom is 0.340 e. The highest BCUT2D eigenvalue weighted by Gasteiger charge is 2.26. The maximum absolute atomic E-state index is 12.8. The van der Waals surface area contributed by atoms with Gasteiger partial charge in [-0.2, -0.15) is 5.26 Å². The van der Waals surface area contributed by atoms with E-state index in [0.717, 1.165) is 11.1 Å². The topological polar surface area (TPSA) is 120 Å². The first-order chi connectivity index (χ1) is 14.7. The number of carbonyl (C=O) groups excluding carboxylic acids is 2. The largest absolute Gasteiger partial charge is 0.452 e. The summed E-state index contributed by atoms with van der Waals surface area (Å²) in [6, 6.07) is 7.67. The number of esters is 1. The summed E-state index contributed by atoms with van der Waals surface area (Å²) < 4.78 is 32.0. The SMILES string of the molecule is Cc1cc(C)cc(N(CCC#N)C(=O)COC(=O)C2=CN3CCS(=O)(=O)N=C3C=C2)c1. The smallest absolute Gasteiger partial charge is 0.340 e. The van der Waals surface area contributed by atoms with Crippen molar-refractivity contribution in [2.24, 2.45) is 4.40 Å². The molecule has 0 saturated heterocycles. The van der Waals surface area contributed by atoms with Gasteiger partial charge in [-0.1, -0.05) is 6.07 Å². The number of anilines is 1. The van der Waals surface area contributed by atoms with Gasteiger partial charge in [-0.15, -0.1) is 4.40 Å². The number of nitrogens with zero attached hydrogens (tertiary/aromatic N) is 4. The normalized spacial score (nSPS) is 16.5. The molecule has 0 unspecified atom stereocenters. The molecule has 10 heteroatoms. The molecule has 31 heavy (non-hydrogen) atoms. The Labute approximate surface area is 181 Å². The minimum atomic E-state index is -3.49. The zero-order chi connectivity index (χ0) is 22.6. The molecular formula is C21H22N4O5S. The molecule has 2 aliphatic heterocycles. The van der Waals surface area contributed by atoms with Crippen LogP contribution in [0.3, 0.4) is 0 Å². The van der Waals surface area contributed by atoms with Crippen molar-refractivity contribution in [3.8, 4) is 6.07 Å². The highest BCUT2D eigenvalue weighted by atomic mass is 32.2. The van der Waals surface area contributed by atoms with Crippen LogP contribution in [0.15, 0.2) is 46.5 Å². The molecule has 2 heterocycles. The first-order valence-corrected chi connectivity index (χ1v) is 11.2. The highest BCUT2D eigenvalue weighted by molar-refractivity contribution is 7.90. The fourth-order valence-electron chi connectivity index (χ4n) is 3.28. The third-order valence-electron chi connectivity index (χ3n) is 4.65. The van der Waals surface area contributed by atoms with Crippen LogP contribution in [0.2, 0.25) is 0 Å². The summed E-state index contributed by atoms with van der Waals surface area (Å²) in [5.74, 6) is -1.07. The Hall–Kier alpha value is -3.45. The van der Waals surface area contributed by atoms with Crippen LogP contribution in [-0.4, -0.2) is 56.5 Å². The van der Waals surface area contributed by atoms with Crippen molar-refractivity contribution in [2.45, 2.75) is 20.3 Å². The van der Waals surface area contributed by atoms with Crippen LogP contribution in [0.5, 0.6) is 0 Å². The molecule has 0 bridgehead atoms. The van der Waals surface area contributed by atoms with Gasteiger partial charge in [-0.05, 0) is 49.3 Å². The van der Waals surface area contributed by atoms with Gasteiger partial charge in [0, 0.05) is 25.0 Å². The van der Waals surface area contributed by atoms with Crippen molar-refractivity contribution in [1.29, 1.82) is 5.26 Å². The third kappa shape index (κ3) is 5.58. The molecule has 0 saturated carbocycles. The number of hydrogen-bond donors (Lipinski definition) is 0. The summed E-state index contributed by atoms with van der Waals surface area (Å²) in [4.78, 5) is 28.2. The lowest BCUT2D eigenvalue weighted by molar-refractivity contribution is -0.143. The van der Waals surface area contributed by atoms with E-state index >= 15 is 0 Å². The molecule has 2 aliphatic rings. The second-order valence-corrected chi connectivity index (χ2v) is 8.98. The molecule has 0 aromatic heterocycles. The van der Waals surface area contributed by atoms with E-state index < -0.39 is 28.5 Å². The number of rotatable bonds is 6. The van der Waals surface area contributed by atoms with E-state index in [9.17, 15) is 18.0 Å². The summed E-state index contributed by atoms with van der Waals surface area (Å²) in [6.45, 7) is 3.69. The maximum atomic E-state index is 12.8. The number of ether oxygens (including phenoxy) is 1. The van der Waals surface area contributed by atoms with Gasteiger partial charge in [0.2, 0.25) is 0 Å². The van der Waals surface area contributed by atoms with E-state index in [1.54, 1.807) is 4.90 Å². The Morgan fingerprint density at radius 3 is 2.61 bits per heavy atom. The van der Waals surface area contributed by atoms with Gasteiger partial charge < -0.3 is 14.5 Å². The van der Waals surface area contributed by atoms with E-state index in [-0.39, 0.29) is 36.7 Å². The molecule has 0 fully saturated rings. The fourth-order valence-corrected chi connectivity index (χ4v) is 4.25. The average molecular weight is 442 g/mol. The molecule has 162 valence electrons. The first kappa shape index (κ1) is 22.2. The van der Waals surface area contributed by atoms with Gasteiger partial charge >= 0.3 is 5.97 Å². The fraction of sp³-hybridized carbons (Fsp3) is 0.333. The predicted molar refractivity (Wildman–Crippen MR) is 115 cm³/mol. The van der Waals surface area contributed by atoms with Crippen molar-refractivity contribution in [3.63, 3.8) is 0 Å².